The lowest BCUT2D eigenvalue weighted by atomic mass is 9.96. The van der Waals surface area contributed by atoms with E-state index in [0.717, 1.165) is 64.6 Å². The molecule has 5 rings (SSSR count). The Labute approximate surface area is 232 Å². The number of carbonyl (C=O) groups excluding carboxylic acids is 1. The molecule has 8 heteroatoms. The zero-order valence-electron chi connectivity index (χ0n) is 22.5. The Hall–Kier alpha value is -4.85. The maximum absolute atomic E-state index is 12.0. The molecule has 3 aromatic carbocycles. The van der Waals surface area contributed by atoms with Gasteiger partial charge >= 0.3 is 5.76 Å². The molecule has 1 unspecified atom stereocenters. The predicted octanol–water partition coefficient (Wildman–Crippen LogP) is 6.05. The van der Waals surface area contributed by atoms with Crippen LogP contribution in [0.5, 0.6) is 5.88 Å². The molecule has 202 valence electrons. The van der Waals surface area contributed by atoms with Gasteiger partial charge in [0.05, 0.1) is 5.69 Å². The molecule has 0 saturated heterocycles. The molecule has 40 heavy (non-hydrogen) atoms. The zero-order chi connectivity index (χ0) is 27.9. The van der Waals surface area contributed by atoms with E-state index in [1.165, 1.54) is 0 Å². The number of aldehydes is 1. The Morgan fingerprint density at radius 2 is 1.68 bits per heavy atom. The van der Waals surface area contributed by atoms with Crippen LogP contribution in [0.2, 0.25) is 0 Å². The molecule has 5 aromatic rings. The molecule has 0 amide bonds. The van der Waals surface area contributed by atoms with Crippen molar-refractivity contribution in [2.45, 2.75) is 45.6 Å². The van der Waals surface area contributed by atoms with Gasteiger partial charge in [-0.05, 0) is 42.0 Å². The molecule has 0 spiro atoms. The van der Waals surface area contributed by atoms with E-state index in [9.17, 15) is 9.59 Å². The normalized spacial score (nSPS) is 11.8. The van der Waals surface area contributed by atoms with Crippen LogP contribution in [0, 0.1) is 6.92 Å². The monoisotopic (exact) mass is 534 g/mol. The lowest BCUT2D eigenvalue weighted by Crippen LogP contribution is -2.14. The van der Waals surface area contributed by atoms with Crippen LogP contribution in [-0.2, 0) is 17.6 Å². The molecule has 2 aromatic heterocycles. The van der Waals surface area contributed by atoms with Crippen molar-refractivity contribution in [3.8, 4) is 28.4 Å². The molecule has 2 heterocycles. The van der Waals surface area contributed by atoms with Gasteiger partial charge in [-0.1, -0.05) is 97.4 Å². The molecule has 0 aliphatic rings. The summed E-state index contributed by atoms with van der Waals surface area (Å²) in [5.41, 5.74) is 6.30. The average molecular weight is 535 g/mol. The fourth-order valence-corrected chi connectivity index (χ4v) is 4.68. The molecule has 8 nitrogen and oxygen atoms in total. The van der Waals surface area contributed by atoms with Crippen molar-refractivity contribution in [2.24, 2.45) is 0 Å². The van der Waals surface area contributed by atoms with Gasteiger partial charge in [-0.25, -0.2) is 9.78 Å². The van der Waals surface area contributed by atoms with Crippen LogP contribution < -0.4 is 10.5 Å². The van der Waals surface area contributed by atoms with Crippen LogP contribution in [0.3, 0.4) is 0 Å². The lowest BCUT2D eigenvalue weighted by Gasteiger charge is -2.19. The smallest absolute Gasteiger partial charge is 0.439 e. The third kappa shape index (κ3) is 6.07. The van der Waals surface area contributed by atoms with Gasteiger partial charge in [0.1, 0.15) is 5.82 Å². The molecule has 0 fully saturated rings. The summed E-state index contributed by atoms with van der Waals surface area (Å²) < 4.78 is 11.0. The fourth-order valence-electron chi connectivity index (χ4n) is 4.68. The van der Waals surface area contributed by atoms with Crippen LogP contribution in [-0.4, -0.2) is 26.4 Å². The van der Waals surface area contributed by atoms with E-state index >= 15 is 0 Å². The average Bonchev–Trinajstić information content (AvgIpc) is 3.43. The molecule has 0 saturated carbocycles. The Kier molecular flexibility index (Phi) is 8.25. The summed E-state index contributed by atoms with van der Waals surface area (Å²) in [6.07, 6.45) is 3.40. The maximum atomic E-state index is 12.0. The number of nitrogens with zero attached hydrogens (tertiary/aromatic N) is 3. The first-order valence-electron chi connectivity index (χ1n) is 13.3. The highest BCUT2D eigenvalue weighted by molar-refractivity contribution is 5.80. The second kappa shape index (κ2) is 12.3. The van der Waals surface area contributed by atoms with Gasteiger partial charge < -0.3 is 4.74 Å². The van der Waals surface area contributed by atoms with E-state index in [-0.39, 0.29) is 0 Å². The highest BCUT2D eigenvalue weighted by atomic mass is 16.5. The Morgan fingerprint density at radius 1 is 0.950 bits per heavy atom. The topological polar surface area (TPSA) is 111 Å². The Balaban J connectivity index is 1.48. The number of aryl methyl sites for hydroxylation is 2. The number of unbranched alkanes of at least 4 members (excludes halogenated alkanes) is 1. The molecule has 1 atom stereocenters. The third-order valence-electron chi connectivity index (χ3n) is 6.69. The molecule has 1 N–H and O–H groups in total. The number of rotatable bonds is 11. The van der Waals surface area contributed by atoms with E-state index in [4.69, 9.17) is 14.2 Å². The molecule has 0 aliphatic carbocycles. The quantitative estimate of drug-likeness (QED) is 0.205. The highest BCUT2D eigenvalue weighted by Crippen LogP contribution is 2.32. The second-order valence-electron chi connectivity index (χ2n) is 9.55. The van der Waals surface area contributed by atoms with Crippen molar-refractivity contribution in [1.82, 2.24) is 20.1 Å². The van der Waals surface area contributed by atoms with E-state index in [0.29, 0.717) is 23.9 Å². The van der Waals surface area contributed by atoms with E-state index < -0.39 is 11.9 Å². The molecule has 0 radical (unpaired) electrons. The highest BCUT2D eigenvalue weighted by Gasteiger charge is 2.20. The number of hydrogen-bond donors (Lipinski definition) is 1. The summed E-state index contributed by atoms with van der Waals surface area (Å²) in [5.74, 6) is 0.831. The fraction of sp³-hybridized carbons (Fsp3) is 0.219. The summed E-state index contributed by atoms with van der Waals surface area (Å²) in [4.78, 5) is 35.6. The lowest BCUT2D eigenvalue weighted by molar-refractivity contribution is -0.114. The Morgan fingerprint density at radius 3 is 2.35 bits per heavy atom. The van der Waals surface area contributed by atoms with Crippen LogP contribution in [0.25, 0.3) is 22.5 Å². The number of aromatic nitrogens is 4. The van der Waals surface area contributed by atoms with Gasteiger partial charge in [0, 0.05) is 17.5 Å². The predicted molar refractivity (Wildman–Crippen MR) is 152 cm³/mol. The van der Waals surface area contributed by atoms with E-state index in [2.05, 4.69) is 34.2 Å². The summed E-state index contributed by atoms with van der Waals surface area (Å²) in [7, 11) is 0. The number of aromatic amines is 1. The molecule has 0 aliphatic heterocycles. The van der Waals surface area contributed by atoms with Crippen molar-refractivity contribution >= 4 is 6.29 Å². The number of H-pyrrole nitrogens is 1. The number of carbonyl (C=O) groups is 1. The summed E-state index contributed by atoms with van der Waals surface area (Å²) in [6, 6.07) is 25.3. The molecular weight excluding hydrogens is 504 g/mol. The summed E-state index contributed by atoms with van der Waals surface area (Å²) in [5, 5.41) is 3.85. The number of benzene rings is 3. The van der Waals surface area contributed by atoms with Gasteiger partial charge in [0.25, 0.3) is 0 Å². The van der Waals surface area contributed by atoms with Crippen molar-refractivity contribution in [1.29, 1.82) is 0 Å². The minimum atomic E-state index is -0.768. The summed E-state index contributed by atoms with van der Waals surface area (Å²) in [6.45, 7) is 3.99. The van der Waals surface area contributed by atoms with Gasteiger partial charge in [0.2, 0.25) is 5.88 Å². The van der Waals surface area contributed by atoms with Crippen LogP contribution in [0.15, 0.2) is 88.2 Å². The van der Waals surface area contributed by atoms with Crippen LogP contribution >= 0.6 is 0 Å². The van der Waals surface area contributed by atoms with E-state index in [1.807, 2.05) is 73.7 Å². The minimum Gasteiger partial charge on any atom is -0.461 e. The standard InChI is InChI=1S/C32H30N4O4/c1-3-4-14-28-27(31(34-21(2)33-28)39-29(20-37)24-10-6-5-7-11-24)19-22-15-17-23(18-16-22)25-12-8-9-13-26(25)30-35-32(38)40-36-30/h5-13,15-18,20,29H,3-4,14,19H2,1-2H3,(H,35,36,38). The minimum absolute atomic E-state index is 0.381. The first-order chi connectivity index (χ1) is 19.6. The number of ether oxygens (including phenoxy) is 1. The molecule has 0 bridgehead atoms. The van der Waals surface area contributed by atoms with Gasteiger partial charge in [-0.2, -0.15) is 4.98 Å². The van der Waals surface area contributed by atoms with Gasteiger partial charge in [-0.3, -0.25) is 14.3 Å². The van der Waals surface area contributed by atoms with Crippen molar-refractivity contribution in [3.05, 3.63) is 118 Å². The van der Waals surface area contributed by atoms with Crippen molar-refractivity contribution in [2.75, 3.05) is 0 Å². The SMILES string of the molecule is CCCCc1nc(C)nc(OC(C=O)c2ccccc2)c1Cc1ccc(-c2ccccc2-c2noc(=O)[nH]2)cc1. The molecular formula is C32H30N4O4. The Bertz CT molecular complexity index is 1640. The van der Waals surface area contributed by atoms with Gasteiger partial charge in [0.15, 0.2) is 18.2 Å². The van der Waals surface area contributed by atoms with Gasteiger partial charge in [-0.15, -0.1) is 0 Å². The van der Waals surface area contributed by atoms with Crippen molar-refractivity contribution in [3.63, 3.8) is 0 Å². The largest absolute Gasteiger partial charge is 0.461 e. The van der Waals surface area contributed by atoms with Crippen LogP contribution in [0.1, 0.15) is 54.1 Å². The maximum Gasteiger partial charge on any atom is 0.439 e. The second-order valence-corrected chi connectivity index (χ2v) is 9.55. The number of nitrogens with one attached hydrogen (secondary N) is 1. The van der Waals surface area contributed by atoms with Crippen molar-refractivity contribution < 1.29 is 14.1 Å². The third-order valence-corrected chi connectivity index (χ3v) is 6.69. The summed E-state index contributed by atoms with van der Waals surface area (Å²) >= 11 is 0. The van der Waals surface area contributed by atoms with E-state index in [1.54, 1.807) is 0 Å². The van der Waals surface area contributed by atoms with Crippen LogP contribution in [0.4, 0.5) is 0 Å². The number of hydrogen-bond acceptors (Lipinski definition) is 7. The first kappa shape index (κ1) is 26.7. The zero-order valence-corrected chi connectivity index (χ0v) is 22.5. The first-order valence-corrected chi connectivity index (χ1v) is 13.3.